The number of rotatable bonds is 3. The summed E-state index contributed by atoms with van der Waals surface area (Å²) in [7, 11) is -3.64. The van der Waals surface area contributed by atoms with Crippen molar-refractivity contribution >= 4 is 10.0 Å². The third-order valence-corrected chi connectivity index (χ3v) is 3.25. The predicted octanol–water partition coefficient (Wildman–Crippen LogP) is 0.640. The second-order valence-electron chi connectivity index (χ2n) is 3.24. The molecule has 1 N–H and O–H groups in total. The summed E-state index contributed by atoms with van der Waals surface area (Å²) in [6, 6.07) is 4.36. The minimum Gasteiger partial charge on any atom is -0.244 e. The van der Waals surface area contributed by atoms with Gasteiger partial charge >= 0.3 is 0 Å². The molecule has 0 aromatic carbocycles. The van der Waals surface area contributed by atoms with Crippen molar-refractivity contribution in [3.05, 3.63) is 24.0 Å². The van der Waals surface area contributed by atoms with Crippen molar-refractivity contribution < 1.29 is 8.42 Å². The Balaban J connectivity index is 3.23. The molecule has 0 aliphatic rings. The number of pyridine rings is 1. The Kier molecular flexibility index (Phi) is 3.39. The molecular weight excluding hydrogens is 214 g/mol. The molecule has 0 fully saturated rings. The normalized spacial score (nSPS) is 11.3. The Bertz CT molecular complexity index is 488. The molecule has 1 aromatic rings. The number of sulfonamides is 1. The first kappa shape index (κ1) is 11.6. The van der Waals surface area contributed by atoms with Crippen LogP contribution in [0, 0.1) is 11.3 Å². The quantitative estimate of drug-likeness (QED) is 0.818. The molecule has 15 heavy (non-hydrogen) atoms. The maximum absolute atomic E-state index is 11.7. The monoisotopic (exact) mass is 225 g/mol. The molecule has 0 radical (unpaired) electrons. The first-order valence-electron chi connectivity index (χ1n) is 4.35. The van der Waals surface area contributed by atoms with E-state index >= 15 is 0 Å². The summed E-state index contributed by atoms with van der Waals surface area (Å²) in [5.41, 5.74) is -0.0920. The predicted molar refractivity (Wildman–Crippen MR) is 54.4 cm³/mol. The van der Waals surface area contributed by atoms with Crippen LogP contribution in [0.1, 0.15) is 19.5 Å². The van der Waals surface area contributed by atoms with Gasteiger partial charge in [-0.3, -0.25) is 0 Å². The number of hydrogen-bond acceptors (Lipinski definition) is 4. The number of hydrogen-bond donors (Lipinski definition) is 1. The summed E-state index contributed by atoms with van der Waals surface area (Å²) < 4.78 is 25.8. The summed E-state index contributed by atoms with van der Waals surface area (Å²) in [6.07, 6.45) is 1.38. The second-order valence-corrected chi connectivity index (χ2v) is 4.92. The molecular formula is C9H11N3O2S. The summed E-state index contributed by atoms with van der Waals surface area (Å²) in [5, 5.41) is 8.71. The molecule has 0 saturated carbocycles. The van der Waals surface area contributed by atoms with Crippen LogP contribution in [0.5, 0.6) is 0 Å². The van der Waals surface area contributed by atoms with Crippen molar-refractivity contribution in [2.45, 2.75) is 24.8 Å². The van der Waals surface area contributed by atoms with E-state index < -0.39 is 10.0 Å². The lowest BCUT2D eigenvalue weighted by atomic mass is 10.4. The molecule has 0 aliphatic heterocycles. The number of nitrogens with one attached hydrogen (secondary N) is 1. The van der Waals surface area contributed by atoms with Crippen LogP contribution < -0.4 is 4.72 Å². The number of nitrogens with zero attached hydrogens (tertiary/aromatic N) is 2. The van der Waals surface area contributed by atoms with Crippen molar-refractivity contribution in [2.24, 2.45) is 0 Å². The van der Waals surface area contributed by atoms with Crippen molar-refractivity contribution in [2.75, 3.05) is 0 Å². The average molecular weight is 225 g/mol. The molecule has 1 aromatic heterocycles. The van der Waals surface area contributed by atoms with Crippen LogP contribution in [0.4, 0.5) is 0 Å². The van der Waals surface area contributed by atoms with Crippen molar-refractivity contribution in [3.63, 3.8) is 0 Å². The van der Waals surface area contributed by atoms with Crippen LogP contribution >= 0.6 is 0 Å². The van der Waals surface area contributed by atoms with Gasteiger partial charge in [0, 0.05) is 12.2 Å². The Morgan fingerprint density at radius 3 is 2.73 bits per heavy atom. The van der Waals surface area contributed by atoms with Gasteiger partial charge in [-0.15, -0.1) is 0 Å². The van der Waals surface area contributed by atoms with Crippen LogP contribution in [-0.4, -0.2) is 19.4 Å². The summed E-state index contributed by atoms with van der Waals surface area (Å²) in [6.45, 7) is 3.42. The minimum atomic E-state index is -3.64. The van der Waals surface area contributed by atoms with E-state index in [9.17, 15) is 8.42 Å². The van der Waals surface area contributed by atoms with Gasteiger partial charge in [0.15, 0.2) is 5.69 Å². The standard InChI is InChI=1S/C9H11N3O2S/c1-7(2)12-15(13,14)9-4-3-5-11-8(9)6-10/h3-5,7,12H,1-2H3. The van der Waals surface area contributed by atoms with Gasteiger partial charge in [0.05, 0.1) is 0 Å². The smallest absolute Gasteiger partial charge is 0.243 e. The van der Waals surface area contributed by atoms with E-state index in [2.05, 4.69) is 9.71 Å². The maximum Gasteiger partial charge on any atom is 0.243 e. The number of nitriles is 1. The fourth-order valence-corrected chi connectivity index (χ4v) is 2.42. The van der Waals surface area contributed by atoms with Gasteiger partial charge < -0.3 is 0 Å². The molecule has 0 saturated heterocycles. The van der Waals surface area contributed by atoms with Crippen LogP contribution in [0.25, 0.3) is 0 Å². The van der Waals surface area contributed by atoms with E-state index in [-0.39, 0.29) is 16.6 Å². The zero-order valence-electron chi connectivity index (χ0n) is 8.43. The summed E-state index contributed by atoms with van der Waals surface area (Å²) in [4.78, 5) is 3.61. The second kappa shape index (κ2) is 4.38. The van der Waals surface area contributed by atoms with Gasteiger partial charge in [0.1, 0.15) is 11.0 Å². The zero-order chi connectivity index (χ0) is 11.5. The summed E-state index contributed by atoms with van der Waals surface area (Å²) >= 11 is 0. The van der Waals surface area contributed by atoms with E-state index in [0.29, 0.717) is 0 Å². The van der Waals surface area contributed by atoms with Crippen molar-refractivity contribution in [3.8, 4) is 6.07 Å². The van der Waals surface area contributed by atoms with E-state index in [1.54, 1.807) is 19.9 Å². The highest BCUT2D eigenvalue weighted by atomic mass is 32.2. The molecule has 1 rings (SSSR count). The van der Waals surface area contributed by atoms with Crippen LogP contribution in [0.2, 0.25) is 0 Å². The molecule has 0 bridgehead atoms. The highest BCUT2D eigenvalue weighted by Crippen LogP contribution is 2.11. The van der Waals surface area contributed by atoms with E-state index in [0.717, 1.165) is 0 Å². The van der Waals surface area contributed by atoms with Crippen LogP contribution in [0.15, 0.2) is 23.2 Å². The Morgan fingerprint density at radius 1 is 1.53 bits per heavy atom. The fourth-order valence-electron chi connectivity index (χ4n) is 1.07. The Labute approximate surface area is 88.8 Å². The SMILES string of the molecule is CC(C)NS(=O)(=O)c1cccnc1C#N. The van der Waals surface area contributed by atoms with Crippen molar-refractivity contribution in [1.82, 2.24) is 9.71 Å². The van der Waals surface area contributed by atoms with E-state index in [4.69, 9.17) is 5.26 Å². The van der Waals surface area contributed by atoms with Crippen LogP contribution in [0.3, 0.4) is 0 Å². The van der Waals surface area contributed by atoms with Crippen molar-refractivity contribution in [1.29, 1.82) is 5.26 Å². The molecule has 0 aliphatic carbocycles. The van der Waals surface area contributed by atoms with Crippen LogP contribution in [-0.2, 0) is 10.0 Å². The largest absolute Gasteiger partial charge is 0.244 e. The lowest BCUT2D eigenvalue weighted by Gasteiger charge is -2.09. The topological polar surface area (TPSA) is 82.8 Å². The molecule has 0 atom stereocenters. The van der Waals surface area contributed by atoms with Gasteiger partial charge in [-0.25, -0.2) is 18.1 Å². The van der Waals surface area contributed by atoms with E-state index in [1.807, 2.05) is 0 Å². The highest BCUT2D eigenvalue weighted by Gasteiger charge is 2.19. The highest BCUT2D eigenvalue weighted by molar-refractivity contribution is 7.89. The Morgan fingerprint density at radius 2 is 2.20 bits per heavy atom. The van der Waals surface area contributed by atoms with Gasteiger partial charge in [-0.1, -0.05) is 0 Å². The average Bonchev–Trinajstić information content (AvgIpc) is 2.16. The van der Waals surface area contributed by atoms with Gasteiger partial charge in [-0.2, -0.15) is 5.26 Å². The molecule has 0 amide bonds. The maximum atomic E-state index is 11.7. The third-order valence-electron chi connectivity index (χ3n) is 1.56. The first-order chi connectivity index (χ1) is 6.97. The fraction of sp³-hybridized carbons (Fsp3) is 0.333. The van der Waals surface area contributed by atoms with Gasteiger partial charge in [0.25, 0.3) is 0 Å². The third kappa shape index (κ3) is 2.75. The number of aromatic nitrogens is 1. The molecule has 0 spiro atoms. The zero-order valence-corrected chi connectivity index (χ0v) is 9.25. The molecule has 5 nitrogen and oxygen atoms in total. The molecule has 1 heterocycles. The summed E-state index contributed by atoms with van der Waals surface area (Å²) in [5.74, 6) is 0. The molecule has 6 heteroatoms. The molecule has 80 valence electrons. The first-order valence-corrected chi connectivity index (χ1v) is 5.83. The lowest BCUT2D eigenvalue weighted by molar-refractivity contribution is 0.569. The Hall–Kier alpha value is -1.45. The van der Waals surface area contributed by atoms with Gasteiger partial charge in [-0.05, 0) is 26.0 Å². The van der Waals surface area contributed by atoms with E-state index in [1.165, 1.54) is 18.3 Å². The van der Waals surface area contributed by atoms with Gasteiger partial charge in [0.2, 0.25) is 10.0 Å². The molecule has 0 unspecified atom stereocenters. The lowest BCUT2D eigenvalue weighted by Crippen LogP contribution is -2.30. The minimum absolute atomic E-state index is 0.0822.